The van der Waals surface area contributed by atoms with Gasteiger partial charge in [0.25, 0.3) is 0 Å². The summed E-state index contributed by atoms with van der Waals surface area (Å²) in [7, 11) is -0.171. The van der Waals surface area contributed by atoms with Crippen molar-refractivity contribution in [1.29, 1.82) is 0 Å². The van der Waals surface area contributed by atoms with Crippen molar-refractivity contribution in [2.75, 3.05) is 6.66 Å². The Morgan fingerprint density at radius 1 is 0.667 bits per heavy atom. The van der Waals surface area contributed by atoms with Gasteiger partial charge in [-0.25, -0.2) is 0 Å². The van der Waals surface area contributed by atoms with Crippen LogP contribution in [0.15, 0.2) is 60.7 Å². The first kappa shape index (κ1) is 12.9. The molecule has 0 bridgehead atoms. The van der Waals surface area contributed by atoms with Gasteiger partial charge in [0.15, 0.2) is 0 Å². The average molecular weight is 224 g/mol. The molecule has 0 aliphatic rings. The van der Waals surface area contributed by atoms with Crippen LogP contribution >= 0.6 is 7.92 Å². The van der Waals surface area contributed by atoms with E-state index in [1.807, 2.05) is 0 Å². The molecule has 0 atom stereocenters. The summed E-state index contributed by atoms with van der Waals surface area (Å²) in [5.41, 5.74) is 0. The van der Waals surface area contributed by atoms with Crippen molar-refractivity contribution in [2.24, 2.45) is 0 Å². The molecule has 2 heteroatoms. The minimum absolute atomic E-state index is 0. The Kier molecular flexibility index (Phi) is 5.56. The molecule has 0 heterocycles. The molecule has 0 saturated carbocycles. The summed E-state index contributed by atoms with van der Waals surface area (Å²) in [6.07, 6.45) is 0. The van der Waals surface area contributed by atoms with Crippen LogP contribution in [-0.2, 0) is 0 Å². The number of benzene rings is 2. The fourth-order valence-corrected chi connectivity index (χ4v) is 2.99. The first-order valence-electron chi connectivity index (χ1n) is 4.72. The van der Waals surface area contributed by atoms with Crippen molar-refractivity contribution in [3.05, 3.63) is 60.7 Å². The molecule has 0 amide bonds. The Balaban J connectivity index is 0.00000112. The molecule has 0 fully saturated rings. The summed E-state index contributed by atoms with van der Waals surface area (Å²) in [4.78, 5) is 0. The van der Waals surface area contributed by atoms with E-state index < -0.39 is 0 Å². The number of hydrogen-bond donors (Lipinski definition) is 0. The van der Waals surface area contributed by atoms with E-state index in [9.17, 15) is 0 Å². The van der Waals surface area contributed by atoms with Crippen LogP contribution in [0.2, 0.25) is 0 Å². The summed E-state index contributed by atoms with van der Waals surface area (Å²) >= 11 is 0. The maximum absolute atomic E-state index is 2.31. The van der Waals surface area contributed by atoms with Gasteiger partial charge in [0.1, 0.15) is 0 Å². The third kappa shape index (κ3) is 3.43. The zero-order valence-electron chi connectivity index (χ0n) is 8.22. The fraction of sp³-hybridized carbons (Fsp3) is 0.0769. The molecular formula is C13H14NaP. The Morgan fingerprint density at radius 2 is 1.00 bits per heavy atom. The van der Waals surface area contributed by atoms with Crippen LogP contribution in [0.25, 0.3) is 0 Å². The molecule has 0 spiro atoms. The summed E-state index contributed by atoms with van der Waals surface area (Å²) in [5, 5.41) is 2.88. The van der Waals surface area contributed by atoms with E-state index in [-0.39, 0.29) is 37.5 Å². The van der Waals surface area contributed by atoms with E-state index in [4.69, 9.17) is 0 Å². The predicted octanol–water partition coefficient (Wildman–Crippen LogP) is 2.10. The zero-order chi connectivity index (χ0) is 9.80. The first-order valence-corrected chi connectivity index (χ1v) is 6.50. The standard InChI is InChI=1S/C13H13P.Na.H/c1-14(12-8-4-2-5-9-12)13-10-6-3-7-11-13;;/h2-11H,1H3;;. The predicted molar refractivity (Wildman–Crippen MR) is 72.1 cm³/mol. The topological polar surface area (TPSA) is 0 Å². The van der Waals surface area contributed by atoms with E-state index in [0.29, 0.717) is 0 Å². The molecule has 2 rings (SSSR count). The molecule has 0 saturated heterocycles. The van der Waals surface area contributed by atoms with Gasteiger partial charge in [-0.05, 0) is 25.2 Å². The molecular weight excluding hydrogens is 210 g/mol. The quantitative estimate of drug-likeness (QED) is 0.541. The van der Waals surface area contributed by atoms with Crippen molar-refractivity contribution in [1.82, 2.24) is 0 Å². The van der Waals surface area contributed by atoms with Gasteiger partial charge in [0, 0.05) is 0 Å². The molecule has 2 aromatic rings. The second-order valence-corrected chi connectivity index (χ2v) is 5.38. The van der Waals surface area contributed by atoms with Crippen molar-refractivity contribution in [3.63, 3.8) is 0 Å². The van der Waals surface area contributed by atoms with Gasteiger partial charge in [-0.3, -0.25) is 0 Å². The average Bonchev–Trinajstić information content (AvgIpc) is 2.30. The number of hydrogen-bond acceptors (Lipinski definition) is 0. The summed E-state index contributed by atoms with van der Waals surface area (Å²) < 4.78 is 0. The van der Waals surface area contributed by atoms with Gasteiger partial charge in [0.2, 0.25) is 0 Å². The molecule has 0 aliphatic carbocycles. The molecule has 0 N–H and O–H groups in total. The minimum atomic E-state index is -0.171. The summed E-state index contributed by atoms with van der Waals surface area (Å²) in [6, 6.07) is 21.4. The van der Waals surface area contributed by atoms with E-state index in [1.165, 1.54) is 10.6 Å². The second-order valence-electron chi connectivity index (χ2n) is 3.23. The monoisotopic (exact) mass is 224 g/mol. The number of rotatable bonds is 2. The molecule has 2 aromatic carbocycles. The van der Waals surface area contributed by atoms with Crippen molar-refractivity contribution >= 4 is 48.1 Å². The Morgan fingerprint density at radius 3 is 1.33 bits per heavy atom. The van der Waals surface area contributed by atoms with Crippen LogP contribution in [0.1, 0.15) is 0 Å². The van der Waals surface area contributed by atoms with Gasteiger partial charge in [-0.2, -0.15) is 0 Å². The normalized spacial score (nSPS) is 9.73. The van der Waals surface area contributed by atoms with E-state index in [0.717, 1.165) is 0 Å². The van der Waals surface area contributed by atoms with Gasteiger partial charge in [0.05, 0.1) is 0 Å². The fourth-order valence-electron chi connectivity index (χ4n) is 1.45. The molecule has 0 unspecified atom stereocenters. The van der Waals surface area contributed by atoms with Crippen LogP contribution in [0, 0.1) is 0 Å². The summed E-state index contributed by atoms with van der Waals surface area (Å²) in [6.45, 7) is 2.31. The zero-order valence-corrected chi connectivity index (χ0v) is 9.12. The van der Waals surface area contributed by atoms with Crippen LogP contribution in [0.4, 0.5) is 0 Å². The second kappa shape index (κ2) is 6.45. The van der Waals surface area contributed by atoms with Crippen LogP contribution in [0.5, 0.6) is 0 Å². The van der Waals surface area contributed by atoms with Gasteiger partial charge in [-0.1, -0.05) is 60.7 Å². The molecule has 0 aliphatic heterocycles. The molecule has 0 radical (unpaired) electrons. The van der Waals surface area contributed by atoms with E-state index in [1.54, 1.807) is 0 Å². The SMILES string of the molecule is CP(c1ccccc1)c1ccccc1.[NaH]. The Hall–Kier alpha value is -0.130. The van der Waals surface area contributed by atoms with Crippen molar-refractivity contribution < 1.29 is 0 Å². The van der Waals surface area contributed by atoms with Gasteiger partial charge >= 0.3 is 29.6 Å². The third-order valence-electron chi connectivity index (χ3n) is 2.29. The molecule has 0 nitrogen and oxygen atoms in total. The molecule has 72 valence electrons. The summed E-state index contributed by atoms with van der Waals surface area (Å²) in [5.74, 6) is 0. The molecule has 15 heavy (non-hydrogen) atoms. The van der Waals surface area contributed by atoms with E-state index >= 15 is 0 Å². The van der Waals surface area contributed by atoms with Crippen molar-refractivity contribution in [3.8, 4) is 0 Å². The van der Waals surface area contributed by atoms with Gasteiger partial charge < -0.3 is 0 Å². The Bertz CT molecular complexity index is 346. The van der Waals surface area contributed by atoms with Crippen molar-refractivity contribution in [2.45, 2.75) is 0 Å². The van der Waals surface area contributed by atoms with Gasteiger partial charge in [-0.15, -0.1) is 0 Å². The molecule has 0 aromatic heterocycles. The Labute approximate surface area is 115 Å². The van der Waals surface area contributed by atoms with Crippen LogP contribution < -0.4 is 10.6 Å². The maximum atomic E-state index is 2.31. The first-order chi connectivity index (χ1) is 6.88. The van der Waals surface area contributed by atoms with E-state index in [2.05, 4.69) is 67.3 Å². The third-order valence-corrected chi connectivity index (χ3v) is 4.43. The van der Waals surface area contributed by atoms with Crippen LogP contribution in [0.3, 0.4) is 0 Å². The van der Waals surface area contributed by atoms with Crippen LogP contribution in [-0.4, -0.2) is 36.2 Å².